The summed E-state index contributed by atoms with van der Waals surface area (Å²) in [4.78, 5) is 30.6. The molecule has 0 aliphatic carbocycles. The Balaban J connectivity index is 1.83. The van der Waals surface area contributed by atoms with Gasteiger partial charge in [-0.2, -0.15) is 0 Å². The number of ether oxygens (including phenoxy) is 1. The number of nitrogens with zero attached hydrogens (tertiary/aromatic N) is 4. The van der Waals surface area contributed by atoms with Crippen molar-refractivity contribution < 1.29 is 28.1 Å². The number of hydrogen-bond acceptors (Lipinski definition) is 9. The highest BCUT2D eigenvalue weighted by molar-refractivity contribution is 8.39. The number of thiol groups is 1. The van der Waals surface area contributed by atoms with E-state index in [0.29, 0.717) is 11.2 Å². The van der Waals surface area contributed by atoms with Crippen LogP contribution in [0, 0.1) is 0 Å². The van der Waals surface area contributed by atoms with E-state index in [0.717, 1.165) is 0 Å². The molecule has 1 aliphatic heterocycles. The molecule has 0 bridgehead atoms. The van der Waals surface area contributed by atoms with Crippen molar-refractivity contribution >= 4 is 55.0 Å². The molecule has 0 spiro atoms. The first-order valence-electron chi connectivity index (χ1n) is 6.86. The van der Waals surface area contributed by atoms with Crippen LogP contribution in [0.3, 0.4) is 0 Å². The molecule has 3 heterocycles. The van der Waals surface area contributed by atoms with E-state index in [1.807, 2.05) is 0 Å². The number of aromatic nitrogens is 4. The lowest BCUT2D eigenvalue weighted by Gasteiger charge is -2.17. The molecule has 15 heteroatoms. The minimum atomic E-state index is -3.85. The summed E-state index contributed by atoms with van der Waals surface area (Å²) in [6.45, 7) is -4.10. The second-order valence-electron chi connectivity index (χ2n) is 5.12. The highest BCUT2D eigenvalue weighted by Crippen LogP contribution is 2.42. The molecule has 0 amide bonds. The summed E-state index contributed by atoms with van der Waals surface area (Å²) in [6.07, 6.45) is 1.10. The fourth-order valence-corrected chi connectivity index (χ4v) is 3.84. The molecule has 2 aromatic heterocycles. The Morgan fingerprint density at radius 3 is 2.96 bits per heavy atom. The SMILES string of the molecule is Nc1ncnc2c1ncn2[C@H]1C[C@H](O[P+](=O)S)[C@@H](COP(O)(O)=S)O1. The summed E-state index contributed by atoms with van der Waals surface area (Å²) >= 11 is 8.16. The summed E-state index contributed by atoms with van der Waals surface area (Å²) in [6, 6.07) is 0. The normalized spacial score (nSPS) is 24.8. The average Bonchev–Trinajstić information content (AvgIpc) is 3.08. The van der Waals surface area contributed by atoms with Crippen LogP contribution < -0.4 is 5.73 Å². The van der Waals surface area contributed by atoms with E-state index in [-0.39, 0.29) is 18.8 Å². The molecule has 4 atom stereocenters. The summed E-state index contributed by atoms with van der Waals surface area (Å²) in [5.74, 6) is 0.231. The van der Waals surface area contributed by atoms with Crippen molar-refractivity contribution in [2.75, 3.05) is 12.3 Å². The minimum absolute atomic E-state index is 0.231. The van der Waals surface area contributed by atoms with Crippen LogP contribution in [0.15, 0.2) is 12.7 Å². The Hall–Kier alpha value is -0.750. The molecule has 2 aromatic rings. The van der Waals surface area contributed by atoms with Crippen LogP contribution in [-0.4, -0.2) is 48.1 Å². The number of hydrogen-bond donors (Lipinski definition) is 4. The maximum absolute atomic E-state index is 11.3. The van der Waals surface area contributed by atoms with Crippen molar-refractivity contribution in [1.29, 1.82) is 0 Å². The summed E-state index contributed by atoms with van der Waals surface area (Å²) in [5.41, 5.74) is 6.64. The van der Waals surface area contributed by atoms with Gasteiger partial charge in [-0.15, -0.1) is 4.52 Å². The monoisotopic (exact) mass is 426 g/mol. The first kappa shape index (κ1) is 19.0. The van der Waals surface area contributed by atoms with Crippen LogP contribution in [0.4, 0.5) is 5.82 Å². The van der Waals surface area contributed by atoms with E-state index in [4.69, 9.17) is 19.5 Å². The number of imidazole rings is 1. The van der Waals surface area contributed by atoms with Crippen LogP contribution in [0.1, 0.15) is 12.6 Å². The van der Waals surface area contributed by atoms with Crippen molar-refractivity contribution in [2.24, 2.45) is 0 Å². The van der Waals surface area contributed by atoms with E-state index < -0.39 is 32.4 Å². The standard InChI is InChI=1S/C10H13N5O6P2S2/c11-9-8-10(13-3-12-9)15(4-14-8)7-1-5(21-22(16)24)6(20-7)2-19-23(17,18)25/h3-7H,1-2H2,(H4-,11,12,13,16,17,18,24,25)/p+1/t5-,6+,7+/m0/s1. The molecule has 0 aromatic carbocycles. The summed E-state index contributed by atoms with van der Waals surface area (Å²) in [5, 5.41) is 0. The van der Waals surface area contributed by atoms with E-state index in [2.05, 4.69) is 39.0 Å². The third kappa shape index (κ3) is 4.51. The third-order valence-corrected chi connectivity index (χ3v) is 5.05. The smallest absolute Gasteiger partial charge is 0.382 e. The van der Waals surface area contributed by atoms with Gasteiger partial charge in [0.25, 0.3) is 0 Å². The largest absolute Gasteiger partial charge is 0.582 e. The van der Waals surface area contributed by atoms with Gasteiger partial charge in [0.2, 0.25) is 0 Å². The molecule has 1 aliphatic rings. The molecule has 25 heavy (non-hydrogen) atoms. The lowest BCUT2D eigenvalue weighted by atomic mass is 10.2. The molecule has 0 saturated carbocycles. The molecule has 3 rings (SSSR count). The zero-order chi connectivity index (χ0) is 18.2. The van der Waals surface area contributed by atoms with Crippen molar-refractivity contribution in [3.63, 3.8) is 0 Å². The van der Waals surface area contributed by atoms with Gasteiger partial charge in [0.05, 0.1) is 12.9 Å². The van der Waals surface area contributed by atoms with Gasteiger partial charge >= 0.3 is 13.9 Å². The zero-order valence-corrected chi connectivity index (χ0v) is 15.9. The second kappa shape index (κ2) is 7.47. The van der Waals surface area contributed by atoms with Crippen molar-refractivity contribution in [2.45, 2.75) is 24.9 Å². The Labute approximate surface area is 152 Å². The zero-order valence-electron chi connectivity index (χ0n) is 12.4. The van der Waals surface area contributed by atoms with Crippen molar-refractivity contribution in [3.8, 4) is 0 Å². The van der Waals surface area contributed by atoms with E-state index in [1.54, 1.807) is 4.57 Å². The molecular weight excluding hydrogens is 412 g/mol. The number of nitrogens with two attached hydrogens (primary N) is 1. The number of rotatable bonds is 6. The molecule has 1 fully saturated rings. The van der Waals surface area contributed by atoms with Gasteiger partial charge in [0.15, 0.2) is 11.5 Å². The number of nitrogen functional groups attached to an aromatic ring is 1. The van der Waals surface area contributed by atoms with Crippen LogP contribution >= 0.6 is 26.2 Å². The predicted octanol–water partition coefficient (Wildman–Crippen LogP) is 0.894. The van der Waals surface area contributed by atoms with Gasteiger partial charge < -0.3 is 24.8 Å². The molecule has 4 N–H and O–H groups in total. The quantitative estimate of drug-likeness (QED) is 0.384. The molecular formula is C10H14N5O6P2S2+. The van der Waals surface area contributed by atoms with Crippen molar-refractivity contribution in [1.82, 2.24) is 19.5 Å². The van der Waals surface area contributed by atoms with E-state index in [1.165, 1.54) is 12.7 Å². The Kier molecular flexibility index (Phi) is 5.69. The summed E-state index contributed by atoms with van der Waals surface area (Å²) in [7, 11) is -2.20. The topological polar surface area (TPSA) is 155 Å². The maximum Gasteiger partial charge on any atom is 0.582 e. The summed E-state index contributed by atoms with van der Waals surface area (Å²) < 4.78 is 28.9. The molecule has 1 saturated heterocycles. The molecule has 136 valence electrons. The fraction of sp³-hybridized carbons (Fsp3) is 0.500. The first-order valence-corrected chi connectivity index (χ1v) is 11.8. The van der Waals surface area contributed by atoms with Crippen LogP contribution in [0.2, 0.25) is 0 Å². The van der Waals surface area contributed by atoms with Gasteiger partial charge in [-0.25, -0.2) is 15.0 Å². The van der Waals surface area contributed by atoms with Gasteiger partial charge in [0.1, 0.15) is 42.5 Å². The predicted molar refractivity (Wildman–Crippen MR) is 94.4 cm³/mol. The lowest BCUT2D eigenvalue weighted by molar-refractivity contribution is -0.0347. The third-order valence-electron chi connectivity index (χ3n) is 3.51. The highest BCUT2D eigenvalue weighted by atomic mass is 32.7. The average molecular weight is 426 g/mol. The number of fused-ring (bicyclic) bond motifs is 1. The van der Waals surface area contributed by atoms with Crippen molar-refractivity contribution in [3.05, 3.63) is 12.7 Å². The first-order chi connectivity index (χ1) is 11.7. The van der Waals surface area contributed by atoms with Crippen LogP contribution in [0.5, 0.6) is 0 Å². The molecule has 0 radical (unpaired) electrons. The minimum Gasteiger partial charge on any atom is -0.382 e. The highest BCUT2D eigenvalue weighted by Gasteiger charge is 2.43. The number of anilines is 1. The van der Waals surface area contributed by atoms with Gasteiger partial charge in [-0.05, 0) is 16.4 Å². The second-order valence-corrected chi connectivity index (χ2v) is 9.45. The molecule has 1 unspecified atom stereocenters. The molecule has 11 nitrogen and oxygen atoms in total. The van der Waals surface area contributed by atoms with E-state index >= 15 is 0 Å². The Morgan fingerprint density at radius 2 is 2.28 bits per heavy atom. The van der Waals surface area contributed by atoms with Gasteiger partial charge in [-0.1, -0.05) is 0 Å². The van der Waals surface area contributed by atoms with Crippen LogP contribution in [-0.2, 0) is 30.2 Å². The Bertz CT molecular complexity index is 846. The van der Waals surface area contributed by atoms with Gasteiger partial charge in [-0.3, -0.25) is 4.57 Å². The fourth-order valence-electron chi connectivity index (χ4n) is 2.50. The Morgan fingerprint density at radius 1 is 1.52 bits per heavy atom. The van der Waals surface area contributed by atoms with Crippen LogP contribution in [0.25, 0.3) is 11.2 Å². The van der Waals surface area contributed by atoms with E-state index in [9.17, 15) is 14.4 Å². The van der Waals surface area contributed by atoms with Gasteiger partial charge in [0, 0.05) is 6.42 Å². The lowest BCUT2D eigenvalue weighted by Crippen LogP contribution is -2.27. The maximum atomic E-state index is 11.3.